The number of hydrogen-bond donors (Lipinski definition) is 1. The van der Waals surface area contributed by atoms with Crippen molar-refractivity contribution in [3.8, 4) is 5.75 Å². The number of carbonyl (C=O) groups excluding carboxylic acids is 2. The topological polar surface area (TPSA) is 71.0 Å². The molecular formula is C28H29N3O3. The number of carbonyl (C=O) groups is 2. The number of aryl methyl sites for hydroxylation is 1. The molecule has 3 aromatic rings. The smallest absolute Gasteiger partial charge is 0.240 e. The highest BCUT2D eigenvalue weighted by molar-refractivity contribution is 6.18. The summed E-state index contributed by atoms with van der Waals surface area (Å²) in [7, 11) is 1.61. The van der Waals surface area contributed by atoms with Crippen LogP contribution in [-0.2, 0) is 16.0 Å². The number of rotatable bonds is 8. The van der Waals surface area contributed by atoms with Crippen LogP contribution in [0.4, 0.5) is 11.4 Å². The molecule has 2 amide bonds. The predicted octanol–water partition coefficient (Wildman–Crippen LogP) is 4.69. The Bertz CT molecular complexity index is 1170. The summed E-state index contributed by atoms with van der Waals surface area (Å²) in [6.07, 6.45) is 1.82. The average Bonchev–Trinajstić information content (AvgIpc) is 3.00. The van der Waals surface area contributed by atoms with E-state index in [4.69, 9.17) is 9.73 Å². The third-order valence-corrected chi connectivity index (χ3v) is 5.89. The molecule has 0 radical (unpaired) electrons. The van der Waals surface area contributed by atoms with Crippen LogP contribution in [-0.4, -0.2) is 37.2 Å². The fraction of sp³-hybridized carbons (Fsp3) is 0.250. The van der Waals surface area contributed by atoms with Gasteiger partial charge in [0.25, 0.3) is 0 Å². The van der Waals surface area contributed by atoms with Gasteiger partial charge in [-0.1, -0.05) is 42.5 Å². The van der Waals surface area contributed by atoms with Gasteiger partial charge in [0.2, 0.25) is 11.8 Å². The van der Waals surface area contributed by atoms with Gasteiger partial charge in [-0.2, -0.15) is 0 Å². The zero-order valence-electron chi connectivity index (χ0n) is 19.5. The van der Waals surface area contributed by atoms with Gasteiger partial charge in [-0.15, -0.1) is 0 Å². The summed E-state index contributed by atoms with van der Waals surface area (Å²) in [6, 6.07) is 25.1. The number of hydrogen-bond acceptors (Lipinski definition) is 4. The molecule has 0 aliphatic carbocycles. The van der Waals surface area contributed by atoms with Gasteiger partial charge < -0.3 is 15.0 Å². The number of benzene rings is 3. The van der Waals surface area contributed by atoms with Crippen molar-refractivity contribution in [1.82, 2.24) is 5.32 Å². The van der Waals surface area contributed by atoms with Crippen molar-refractivity contribution in [2.45, 2.75) is 32.2 Å². The van der Waals surface area contributed by atoms with Gasteiger partial charge in [0.15, 0.2) is 0 Å². The number of nitrogens with one attached hydrogen (secondary N) is 1. The maximum atomic E-state index is 13.3. The molecule has 1 unspecified atom stereocenters. The molecule has 0 bridgehead atoms. The minimum absolute atomic E-state index is 0.00357. The molecule has 3 aromatic carbocycles. The van der Waals surface area contributed by atoms with Crippen molar-refractivity contribution in [2.24, 2.45) is 4.99 Å². The zero-order valence-corrected chi connectivity index (χ0v) is 19.5. The van der Waals surface area contributed by atoms with Crippen molar-refractivity contribution in [1.29, 1.82) is 0 Å². The van der Waals surface area contributed by atoms with Gasteiger partial charge in [-0.05, 0) is 67.3 Å². The molecule has 174 valence electrons. The Hall–Kier alpha value is -3.93. The maximum Gasteiger partial charge on any atom is 0.240 e. The largest absolute Gasteiger partial charge is 0.497 e. The molecular weight excluding hydrogens is 426 g/mol. The van der Waals surface area contributed by atoms with Crippen molar-refractivity contribution in [2.75, 3.05) is 18.6 Å². The molecule has 0 saturated carbocycles. The molecule has 0 saturated heterocycles. The van der Waals surface area contributed by atoms with E-state index in [0.29, 0.717) is 17.1 Å². The lowest BCUT2D eigenvalue weighted by molar-refractivity contribution is -0.123. The summed E-state index contributed by atoms with van der Waals surface area (Å²) < 4.78 is 5.23. The van der Waals surface area contributed by atoms with Crippen LogP contribution >= 0.6 is 0 Å². The molecule has 34 heavy (non-hydrogen) atoms. The number of methoxy groups -OCH3 is 1. The predicted molar refractivity (Wildman–Crippen MR) is 135 cm³/mol. The molecule has 4 rings (SSSR count). The number of ether oxygens (including phenoxy) is 1. The van der Waals surface area contributed by atoms with Crippen LogP contribution in [0.2, 0.25) is 0 Å². The highest BCUT2D eigenvalue weighted by Gasteiger charge is 2.27. The van der Waals surface area contributed by atoms with Crippen LogP contribution < -0.4 is 15.0 Å². The second kappa shape index (κ2) is 10.8. The fourth-order valence-electron chi connectivity index (χ4n) is 4.03. The van der Waals surface area contributed by atoms with Gasteiger partial charge in [-0.25, -0.2) is 0 Å². The third-order valence-electron chi connectivity index (χ3n) is 5.89. The van der Waals surface area contributed by atoms with E-state index in [2.05, 4.69) is 17.4 Å². The average molecular weight is 456 g/mol. The lowest BCUT2D eigenvalue weighted by Gasteiger charge is -2.23. The lowest BCUT2D eigenvalue weighted by atomic mass is 10.1. The summed E-state index contributed by atoms with van der Waals surface area (Å²) in [4.78, 5) is 32.4. The highest BCUT2D eigenvalue weighted by atomic mass is 16.5. The number of nitrogens with zero attached hydrogens (tertiary/aromatic N) is 2. The Kier molecular flexibility index (Phi) is 7.38. The van der Waals surface area contributed by atoms with E-state index < -0.39 is 0 Å². The quantitative estimate of drug-likeness (QED) is 0.536. The summed E-state index contributed by atoms with van der Waals surface area (Å²) in [5.41, 5.74) is 4.07. The zero-order chi connectivity index (χ0) is 23.9. The first-order valence-electron chi connectivity index (χ1n) is 11.5. The SMILES string of the molecule is COc1ccc(C2=Nc3ccccc3N(CC(=O)NC(C)CCc3ccccc3)C(=O)C2)cc1. The monoisotopic (exact) mass is 455 g/mol. The van der Waals surface area contributed by atoms with Crippen LogP contribution in [0.1, 0.15) is 30.9 Å². The number of aliphatic imine (C=N–C) groups is 1. The Labute approximate surface area is 200 Å². The molecule has 6 nitrogen and oxygen atoms in total. The number of para-hydroxylation sites is 2. The second-order valence-corrected chi connectivity index (χ2v) is 8.43. The van der Waals surface area contributed by atoms with E-state index in [1.807, 2.05) is 73.7 Å². The summed E-state index contributed by atoms with van der Waals surface area (Å²) in [6.45, 7) is 1.95. The molecule has 0 spiro atoms. The Morgan fingerprint density at radius 3 is 2.47 bits per heavy atom. The van der Waals surface area contributed by atoms with Crippen LogP contribution in [0.25, 0.3) is 0 Å². The third kappa shape index (κ3) is 5.70. The first kappa shape index (κ1) is 23.2. The van der Waals surface area contributed by atoms with E-state index in [1.165, 1.54) is 10.5 Å². The molecule has 0 fully saturated rings. The number of fused-ring (bicyclic) bond motifs is 1. The molecule has 1 aliphatic heterocycles. The normalized spacial score (nSPS) is 14.0. The van der Waals surface area contributed by atoms with Gasteiger partial charge in [0.1, 0.15) is 12.3 Å². The first-order chi connectivity index (χ1) is 16.5. The van der Waals surface area contributed by atoms with E-state index >= 15 is 0 Å². The highest BCUT2D eigenvalue weighted by Crippen LogP contribution is 2.33. The number of anilines is 1. The Morgan fingerprint density at radius 1 is 1.03 bits per heavy atom. The van der Waals surface area contributed by atoms with E-state index in [1.54, 1.807) is 7.11 Å². The molecule has 1 N–H and O–H groups in total. The minimum atomic E-state index is -0.184. The standard InChI is InChI=1S/C28H29N3O3/c1-20(12-13-21-8-4-3-5-9-21)29-27(32)19-31-26-11-7-6-10-24(26)30-25(18-28(31)33)22-14-16-23(34-2)17-15-22/h3-11,14-17,20H,12-13,18-19H2,1-2H3,(H,29,32). The van der Waals surface area contributed by atoms with E-state index in [9.17, 15) is 9.59 Å². The Morgan fingerprint density at radius 2 is 1.74 bits per heavy atom. The van der Waals surface area contributed by atoms with Crippen molar-refractivity contribution < 1.29 is 14.3 Å². The van der Waals surface area contributed by atoms with Crippen LogP contribution in [0.5, 0.6) is 5.75 Å². The van der Waals surface area contributed by atoms with Crippen LogP contribution in [0, 0.1) is 0 Å². The van der Waals surface area contributed by atoms with Crippen LogP contribution in [0.15, 0.2) is 83.9 Å². The molecule has 1 atom stereocenters. The summed E-state index contributed by atoms with van der Waals surface area (Å²) in [5, 5.41) is 3.04. The molecule has 1 heterocycles. The van der Waals surface area contributed by atoms with E-state index in [0.717, 1.165) is 24.2 Å². The molecule has 6 heteroatoms. The second-order valence-electron chi connectivity index (χ2n) is 8.43. The Balaban J connectivity index is 1.45. The minimum Gasteiger partial charge on any atom is -0.497 e. The molecule has 0 aromatic heterocycles. The van der Waals surface area contributed by atoms with E-state index in [-0.39, 0.29) is 30.8 Å². The van der Waals surface area contributed by atoms with Gasteiger partial charge in [0.05, 0.1) is 30.6 Å². The maximum absolute atomic E-state index is 13.3. The van der Waals surface area contributed by atoms with Gasteiger partial charge in [-0.3, -0.25) is 14.6 Å². The summed E-state index contributed by atoms with van der Waals surface area (Å²) >= 11 is 0. The fourth-order valence-corrected chi connectivity index (χ4v) is 4.03. The summed E-state index contributed by atoms with van der Waals surface area (Å²) in [5.74, 6) is 0.396. The molecule has 1 aliphatic rings. The van der Waals surface area contributed by atoms with Crippen molar-refractivity contribution >= 4 is 28.9 Å². The first-order valence-corrected chi connectivity index (χ1v) is 11.5. The van der Waals surface area contributed by atoms with Gasteiger partial charge >= 0.3 is 0 Å². The number of amides is 2. The van der Waals surface area contributed by atoms with Gasteiger partial charge in [0, 0.05) is 6.04 Å². The van der Waals surface area contributed by atoms with Crippen molar-refractivity contribution in [3.63, 3.8) is 0 Å². The van der Waals surface area contributed by atoms with Crippen molar-refractivity contribution in [3.05, 3.63) is 90.0 Å². The lowest BCUT2D eigenvalue weighted by Crippen LogP contribution is -2.43. The van der Waals surface area contributed by atoms with Crippen LogP contribution in [0.3, 0.4) is 0 Å².